The molecule has 0 atom stereocenters. The maximum absolute atomic E-state index is 7.31. The number of hydrogen-bond donors (Lipinski definition) is 0. The van der Waals surface area contributed by atoms with Crippen molar-refractivity contribution >= 4 is 31.5 Å². The van der Waals surface area contributed by atoms with Crippen LogP contribution in [0, 0.1) is 0 Å². The van der Waals surface area contributed by atoms with Gasteiger partial charge in [0.2, 0.25) is 0 Å². The summed E-state index contributed by atoms with van der Waals surface area (Å²) < 4.78 is 9.65. The predicted molar refractivity (Wildman–Crippen MR) is 479 cm³/mol. The lowest BCUT2D eigenvalue weighted by Crippen LogP contribution is -2.40. The van der Waals surface area contributed by atoms with Crippen LogP contribution >= 0.6 is 11.3 Å². The third kappa shape index (κ3) is 9.81. The van der Waals surface area contributed by atoms with Gasteiger partial charge in [-0.3, -0.25) is 0 Å². The van der Waals surface area contributed by atoms with Crippen molar-refractivity contribution in [1.29, 1.82) is 0 Å². The highest BCUT2D eigenvalue weighted by Gasteiger charge is 2.55. The molecule has 2 spiro atoms. The summed E-state index contributed by atoms with van der Waals surface area (Å²) in [5.41, 5.74) is 32.1. The number of benzene rings is 16. The second kappa shape index (κ2) is 25.5. The molecule has 1 aliphatic heterocycles. The summed E-state index contributed by atoms with van der Waals surface area (Å²) in [5.74, 6) is 5.17. The van der Waals surface area contributed by atoms with Crippen molar-refractivity contribution in [3.05, 3.63) is 431 Å². The molecule has 0 N–H and O–H groups in total. The van der Waals surface area contributed by atoms with Crippen molar-refractivity contribution in [2.45, 2.75) is 49.4 Å². The van der Waals surface area contributed by atoms with Crippen LogP contribution in [-0.4, -0.2) is 29.9 Å². The number of para-hydroxylation sites is 1. The Balaban J connectivity index is 0.687. The number of fused-ring (bicyclic) bond motifs is 24. The first-order chi connectivity index (χ1) is 58.0. The maximum atomic E-state index is 7.31. The zero-order valence-corrected chi connectivity index (χ0v) is 66.0. The zero-order valence-electron chi connectivity index (χ0n) is 65.1. The van der Waals surface area contributed by atoms with Crippen molar-refractivity contribution in [3.63, 3.8) is 0 Å². The summed E-state index contributed by atoms with van der Waals surface area (Å²) in [7, 11) is 0. The molecule has 554 valence electrons. The fourth-order valence-corrected chi connectivity index (χ4v) is 22.0. The molecule has 0 saturated carbocycles. The number of aromatic nitrogens is 6. The molecule has 118 heavy (non-hydrogen) atoms. The lowest BCUT2D eigenvalue weighted by atomic mass is 9.55. The van der Waals surface area contributed by atoms with E-state index in [1.807, 2.05) is 29.5 Å². The summed E-state index contributed by atoms with van der Waals surface area (Å²) >= 11 is 1.83. The minimum atomic E-state index is -0.664. The van der Waals surface area contributed by atoms with Crippen molar-refractivity contribution in [2.24, 2.45) is 0 Å². The Bertz CT molecular complexity index is 7340. The second-order valence-electron chi connectivity index (χ2n) is 33.0. The molecule has 0 radical (unpaired) electrons. The molecule has 0 fully saturated rings. The van der Waals surface area contributed by atoms with Crippen molar-refractivity contribution < 1.29 is 4.74 Å². The second-order valence-corrected chi connectivity index (χ2v) is 34.1. The van der Waals surface area contributed by atoms with Gasteiger partial charge in [-0.05, 0) is 171 Å². The smallest absolute Gasteiger partial charge is 0.165 e. The summed E-state index contributed by atoms with van der Waals surface area (Å²) in [6.45, 7) is 9.57. The molecule has 3 aromatic heterocycles. The number of ether oxygens (including phenoxy) is 1. The van der Waals surface area contributed by atoms with Gasteiger partial charge in [-0.2, -0.15) is 0 Å². The summed E-state index contributed by atoms with van der Waals surface area (Å²) in [6, 6.07) is 133. The van der Waals surface area contributed by atoms with Crippen LogP contribution in [0.2, 0.25) is 0 Å². The monoisotopic (exact) mass is 1520 g/mol. The predicted octanol–water partition coefficient (Wildman–Crippen LogP) is 27.2. The highest BCUT2D eigenvalue weighted by molar-refractivity contribution is 7.26. The van der Waals surface area contributed by atoms with Crippen LogP contribution in [0.4, 0.5) is 0 Å². The molecule has 19 aromatic rings. The lowest BCUT2D eigenvalue weighted by molar-refractivity contribution is 0.436. The van der Waals surface area contributed by atoms with Crippen LogP contribution in [0.5, 0.6) is 11.5 Å². The molecule has 0 saturated heterocycles. The minimum Gasteiger partial charge on any atom is -0.457 e. The first-order valence-corrected chi connectivity index (χ1v) is 41.4. The zero-order chi connectivity index (χ0) is 78.3. The van der Waals surface area contributed by atoms with Crippen LogP contribution in [0.3, 0.4) is 0 Å². The Morgan fingerprint density at radius 1 is 0.212 bits per heavy atom. The van der Waals surface area contributed by atoms with Gasteiger partial charge in [0.15, 0.2) is 34.9 Å². The first kappa shape index (κ1) is 68.0. The number of nitrogens with zero attached hydrogens (tertiary/aromatic N) is 6. The summed E-state index contributed by atoms with van der Waals surface area (Å²) in [4.78, 5) is 33.1. The molecule has 4 aliphatic carbocycles. The van der Waals surface area contributed by atoms with Crippen LogP contribution in [0.15, 0.2) is 364 Å². The largest absolute Gasteiger partial charge is 0.457 e. The van der Waals surface area contributed by atoms with Crippen LogP contribution in [-0.2, 0) is 21.7 Å². The van der Waals surface area contributed by atoms with Gasteiger partial charge in [0.05, 0.1) is 10.8 Å². The third-order valence-corrected chi connectivity index (χ3v) is 27.3. The number of rotatable bonds is 9. The average molecular weight is 1530 g/mol. The van der Waals surface area contributed by atoms with E-state index in [1.165, 1.54) is 87.8 Å². The molecule has 0 unspecified atom stereocenters. The average Bonchev–Trinajstić information content (AvgIpc) is 1.53. The van der Waals surface area contributed by atoms with E-state index in [2.05, 4.69) is 373 Å². The van der Waals surface area contributed by atoms with E-state index < -0.39 is 16.2 Å². The molecule has 8 heteroatoms. The fourth-order valence-electron chi connectivity index (χ4n) is 20.7. The highest BCUT2D eigenvalue weighted by Crippen LogP contribution is 2.67. The van der Waals surface area contributed by atoms with Gasteiger partial charge in [-0.15, -0.1) is 11.3 Å². The molecule has 0 bridgehead atoms. The summed E-state index contributed by atoms with van der Waals surface area (Å²) in [5, 5.41) is 2.39. The van der Waals surface area contributed by atoms with Gasteiger partial charge < -0.3 is 4.74 Å². The van der Waals surface area contributed by atoms with Gasteiger partial charge in [0.25, 0.3) is 0 Å². The lowest BCUT2D eigenvalue weighted by Gasteiger charge is -2.46. The Hall–Kier alpha value is -14.4. The standard InChI is InChI=1S/C110H72N6OS/c1-107(2)89-43-22-23-44-90(89)109(85-39-18-14-33-75(85)76-34-15-19-40-86(76)109)94-64-98-82(61-93(94)107)79-37-26-38-80(100(79)118-98)105-113-102(71-53-47-67(48-54-71)65-27-8-5-9-28-65)112-103(114-105)73-57-51-69(52-58-73)74-59-83-81-62-97-95(110(91-45-24-25-46-96(91)117-97)87-41-20-16-35-77(87)78-36-17-21-42-88(78)110)63-92(81)108(3,4)99(83)84(60-74)106-115-101(70-31-12-7-13-32-70)111-104(116-106)72-55-49-68(50-56-72)66-29-10-6-11-30-66/h5-64H,1-4H3. The van der Waals surface area contributed by atoms with Gasteiger partial charge in [0, 0.05) is 75.5 Å². The molecular weight excluding hydrogens is 1450 g/mol. The van der Waals surface area contributed by atoms with E-state index in [1.54, 1.807) is 0 Å². The Morgan fingerprint density at radius 3 is 1.11 bits per heavy atom. The molecule has 5 aliphatic rings. The van der Waals surface area contributed by atoms with Crippen molar-refractivity contribution in [3.8, 4) is 147 Å². The van der Waals surface area contributed by atoms with E-state index in [9.17, 15) is 0 Å². The van der Waals surface area contributed by atoms with E-state index in [0.717, 1.165) is 111 Å². The van der Waals surface area contributed by atoms with Crippen LogP contribution in [0.25, 0.3) is 155 Å². The number of hydrogen-bond acceptors (Lipinski definition) is 8. The van der Waals surface area contributed by atoms with Gasteiger partial charge in [-0.1, -0.05) is 343 Å². The molecule has 16 aromatic carbocycles. The van der Waals surface area contributed by atoms with E-state index in [-0.39, 0.29) is 5.41 Å². The SMILES string of the molecule is CC1(C)c2ccccc2C2(c3ccccc3-c3ccccc32)c2cc3sc4c(-c5nc(-c6ccc(-c7ccccc7)cc6)nc(-c6ccc(-c7cc(-c8nc(-c9ccccc9)nc(-c9ccc(-c%10ccccc%10)cc9)n8)c8c(c7)-c7cc9c(cc7C8(C)C)C7(c8ccccc8O9)c8ccccc8-c8ccccc87)cc6)n5)cccc4c3cc21. The number of thiophene rings is 1. The van der Waals surface area contributed by atoms with Crippen LogP contribution in [0.1, 0.15) is 94.5 Å². The molecular formula is C110H72N6OS. The Kier molecular flexibility index (Phi) is 14.7. The third-order valence-electron chi connectivity index (χ3n) is 26.1. The molecule has 24 rings (SSSR count). The topological polar surface area (TPSA) is 86.6 Å². The Morgan fingerprint density at radius 2 is 0.593 bits per heavy atom. The normalized spacial score (nSPS) is 14.4. The highest BCUT2D eigenvalue weighted by atomic mass is 32.1. The molecule has 4 heterocycles. The fraction of sp³-hybridized carbons (Fsp3) is 0.0727. The molecule has 7 nitrogen and oxygen atoms in total. The van der Waals surface area contributed by atoms with Gasteiger partial charge in [0.1, 0.15) is 11.5 Å². The van der Waals surface area contributed by atoms with E-state index >= 15 is 0 Å². The summed E-state index contributed by atoms with van der Waals surface area (Å²) in [6.07, 6.45) is 0. The van der Waals surface area contributed by atoms with E-state index in [4.69, 9.17) is 34.6 Å². The van der Waals surface area contributed by atoms with Gasteiger partial charge in [-0.25, -0.2) is 29.9 Å². The quantitative estimate of drug-likeness (QED) is 0.142. The van der Waals surface area contributed by atoms with Crippen molar-refractivity contribution in [1.82, 2.24) is 29.9 Å². The molecule has 0 amide bonds. The van der Waals surface area contributed by atoms with Crippen LogP contribution < -0.4 is 4.74 Å². The minimum absolute atomic E-state index is 0.314. The van der Waals surface area contributed by atoms with Gasteiger partial charge >= 0.3 is 0 Å². The Labute approximate surface area is 688 Å². The first-order valence-electron chi connectivity index (χ1n) is 40.6. The van der Waals surface area contributed by atoms with Crippen molar-refractivity contribution in [2.75, 3.05) is 0 Å². The van der Waals surface area contributed by atoms with E-state index in [0.29, 0.717) is 34.9 Å². The maximum Gasteiger partial charge on any atom is 0.165 e.